The number of pyridine rings is 1. The van der Waals surface area contributed by atoms with Gasteiger partial charge in [-0.25, -0.2) is 4.39 Å². The van der Waals surface area contributed by atoms with E-state index in [-0.39, 0.29) is 5.82 Å². The molecular formula is C20H21FN2O. The molecule has 0 aliphatic carbocycles. The van der Waals surface area contributed by atoms with Crippen molar-refractivity contribution in [2.75, 3.05) is 11.9 Å². The lowest BCUT2D eigenvalue weighted by atomic mass is 10.1. The maximum absolute atomic E-state index is 13.0. The number of ether oxygens (including phenoxy) is 1. The first kappa shape index (κ1) is 16.2. The molecule has 4 heteroatoms. The standard InChI is InChI=1S/C20H21FN2O/c1-3-10-24-17-8-9-19-18(12-17)20(11-14(2)23-19)22-13-15-4-6-16(21)7-5-15/h4-9,11-12H,3,10,13H2,1-2H3,(H,22,23). The van der Waals surface area contributed by atoms with E-state index in [4.69, 9.17) is 4.74 Å². The fourth-order valence-electron chi connectivity index (χ4n) is 2.59. The summed E-state index contributed by atoms with van der Waals surface area (Å²) >= 11 is 0. The number of aryl methyl sites for hydroxylation is 1. The molecule has 0 amide bonds. The van der Waals surface area contributed by atoms with Crippen molar-refractivity contribution < 1.29 is 9.13 Å². The van der Waals surface area contributed by atoms with Crippen molar-refractivity contribution in [1.29, 1.82) is 0 Å². The summed E-state index contributed by atoms with van der Waals surface area (Å²) in [6.07, 6.45) is 0.972. The molecule has 0 unspecified atom stereocenters. The molecule has 0 saturated carbocycles. The third kappa shape index (κ3) is 3.82. The third-order valence-electron chi connectivity index (χ3n) is 3.78. The average Bonchev–Trinajstić information content (AvgIpc) is 2.59. The molecule has 3 aromatic rings. The minimum atomic E-state index is -0.221. The molecule has 1 aromatic heterocycles. The first-order chi connectivity index (χ1) is 11.7. The minimum absolute atomic E-state index is 0.221. The highest BCUT2D eigenvalue weighted by Crippen LogP contribution is 2.28. The van der Waals surface area contributed by atoms with Gasteiger partial charge in [0.25, 0.3) is 0 Å². The van der Waals surface area contributed by atoms with Gasteiger partial charge in [-0.05, 0) is 55.3 Å². The van der Waals surface area contributed by atoms with Crippen LogP contribution in [0.1, 0.15) is 24.6 Å². The number of fused-ring (bicyclic) bond motifs is 1. The van der Waals surface area contributed by atoms with E-state index < -0.39 is 0 Å². The number of benzene rings is 2. The second-order valence-electron chi connectivity index (χ2n) is 5.82. The van der Waals surface area contributed by atoms with Gasteiger partial charge in [0, 0.05) is 23.3 Å². The lowest BCUT2D eigenvalue weighted by molar-refractivity contribution is 0.318. The quantitative estimate of drug-likeness (QED) is 0.686. The van der Waals surface area contributed by atoms with Crippen molar-refractivity contribution in [3.05, 3.63) is 65.6 Å². The van der Waals surface area contributed by atoms with Gasteiger partial charge < -0.3 is 10.1 Å². The Bertz CT molecular complexity index is 831. The number of hydrogen-bond donors (Lipinski definition) is 1. The van der Waals surface area contributed by atoms with E-state index in [1.54, 1.807) is 12.1 Å². The predicted molar refractivity (Wildman–Crippen MR) is 96.0 cm³/mol. The number of anilines is 1. The molecule has 0 radical (unpaired) electrons. The fraction of sp³-hybridized carbons (Fsp3) is 0.250. The van der Waals surface area contributed by atoms with E-state index in [1.807, 2.05) is 31.2 Å². The Balaban J connectivity index is 1.88. The predicted octanol–water partition coefficient (Wildman–Crippen LogP) is 5.08. The van der Waals surface area contributed by atoms with Gasteiger partial charge in [0.2, 0.25) is 0 Å². The number of rotatable bonds is 6. The Hall–Kier alpha value is -2.62. The van der Waals surface area contributed by atoms with Crippen LogP contribution in [-0.4, -0.2) is 11.6 Å². The number of nitrogens with one attached hydrogen (secondary N) is 1. The molecule has 1 heterocycles. The Morgan fingerprint density at radius 1 is 1.08 bits per heavy atom. The second-order valence-corrected chi connectivity index (χ2v) is 5.82. The van der Waals surface area contributed by atoms with Crippen molar-refractivity contribution in [1.82, 2.24) is 4.98 Å². The van der Waals surface area contributed by atoms with E-state index in [1.165, 1.54) is 12.1 Å². The van der Waals surface area contributed by atoms with Crippen LogP contribution in [0.3, 0.4) is 0 Å². The maximum atomic E-state index is 13.0. The number of aromatic nitrogens is 1. The number of halogens is 1. The summed E-state index contributed by atoms with van der Waals surface area (Å²) in [5, 5.41) is 4.45. The van der Waals surface area contributed by atoms with Crippen molar-refractivity contribution in [2.24, 2.45) is 0 Å². The fourth-order valence-corrected chi connectivity index (χ4v) is 2.59. The van der Waals surface area contributed by atoms with Gasteiger partial charge in [-0.2, -0.15) is 0 Å². The summed E-state index contributed by atoms with van der Waals surface area (Å²) in [5.74, 6) is 0.626. The molecule has 124 valence electrons. The topological polar surface area (TPSA) is 34.1 Å². The molecule has 2 aromatic carbocycles. The lowest BCUT2D eigenvalue weighted by Gasteiger charge is -2.12. The molecule has 0 saturated heterocycles. The Morgan fingerprint density at radius 2 is 1.88 bits per heavy atom. The molecule has 0 aliphatic rings. The van der Waals surface area contributed by atoms with E-state index >= 15 is 0 Å². The summed E-state index contributed by atoms with van der Waals surface area (Å²) < 4.78 is 18.7. The third-order valence-corrected chi connectivity index (χ3v) is 3.78. The van der Waals surface area contributed by atoms with Crippen LogP contribution in [-0.2, 0) is 6.54 Å². The highest BCUT2D eigenvalue weighted by Gasteiger charge is 2.06. The first-order valence-corrected chi connectivity index (χ1v) is 8.18. The molecule has 0 aliphatic heterocycles. The van der Waals surface area contributed by atoms with Gasteiger partial charge in [0.1, 0.15) is 11.6 Å². The second kappa shape index (κ2) is 7.30. The van der Waals surface area contributed by atoms with Gasteiger partial charge in [0.05, 0.1) is 12.1 Å². The van der Waals surface area contributed by atoms with Gasteiger partial charge in [-0.1, -0.05) is 19.1 Å². The van der Waals surface area contributed by atoms with Crippen LogP contribution in [0.4, 0.5) is 10.1 Å². The summed E-state index contributed by atoms with van der Waals surface area (Å²) in [7, 11) is 0. The van der Waals surface area contributed by atoms with Crippen LogP contribution >= 0.6 is 0 Å². The lowest BCUT2D eigenvalue weighted by Crippen LogP contribution is -2.02. The summed E-state index contributed by atoms with van der Waals surface area (Å²) in [4.78, 5) is 4.58. The Kier molecular flexibility index (Phi) is 4.94. The van der Waals surface area contributed by atoms with Gasteiger partial charge in [-0.15, -0.1) is 0 Å². The van der Waals surface area contributed by atoms with E-state index in [0.717, 1.165) is 40.0 Å². The molecule has 3 nitrogen and oxygen atoms in total. The van der Waals surface area contributed by atoms with Gasteiger partial charge in [-0.3, -0.25) is 4.98 Å². The van der Waals surface area contributed by atoms with Crippen molar-refractivity contribution >= 4 is 16.6 Å². The molecule has 24 heavy (non-hydrogen) atoms. The van der Waals surface area contributed by atoms with Crippen molar-refractivity contribution in [3.8, 4) is 5.75 Å². The minimum Gasteiger partial charge on any atom is -0.494 e. The average molecular weight is 324 g/mol. The molecular weight excluding hydrogens is 303 g/mol. The highest BCUT2D eigenvalue weighted by atomic mass is 19.1. The summed E-state index contributed by atoms with van der Waals surface area (Å²) in [6, 6.07) is 14.5. The Morgan fingerprint density at radius 3 is 2.62 bits per heavy atom. The molecule has 0 fully saturated rings. The SMILES string of the molecule is CCCOc1ccc2nc(C)cc(NCc3ccc(F)cc3)c2c1. The zero-order valence-electron chi connectivity index (χ0n) is 14.0. The van der Waals surface area contributed by atoms with Crippen molar-refractivity contribution in [3.63, 3.8) is 0 Å². The van der Waals surface area contributed by atoms with Crippen LogP contribution in [0, 0.1) is 12.7 Å². The maximum Gasteiger partial charge on any atom is 0.123 e. The molecule has 0 spiro atoms. The zero-order chi connectivity index (χ0) is 16.9. The highest BCUT2D eigenvalue weighted by molar-refractivity contribution is 5.92. The zero-order valence-corrected chi connectivity index (χ0v) is 14.0. The monoisotopic (exact) mass is 324 g/mol. The van der Waals surface area contributed by atoms with Gasteiger partial charge >= 0.3 is 0 Å². The first-order valence-electron chi connectivity index (χ1n) is 8.18. The largest absolute Gasteiger partial charge is 0.494 e. The van der Waals surface area contributed by atoms with Crippen LogP contribution in [0.2, 0.25) is 0 Å². The van der Waals surface area contributed by atoms with Crippen LogP contribution < -0.4 is 10.1 Å². The van der Waals surface area contributed by atoms with E-state index in [9.17, 15) is 4.39 Å². The van der Waals surface area contributed by atoms with Crippen LogP contribution in [0.25, 0.3) is 10.9 Å². The summed E-state index contributed by atoms with van der Waals surface area (Å²) in [6.45, 7) is 5.38. The smallest absolute Gasteiger partial charge is 0.123 e. The van der Waals surface area contributed by atoms with Crippen LogP contribution in [0.15, 0.2) is 48.5 Å². The van der Waals surface area contributed by atoms with E-state index in [0.29, 0.717) is 13.2 Å². The Labute approximate surface area is 141 Å². The molecule has 0 atom stereocenters. The molecule has 0 bridgehead atoms. The van der Waals surface area contributed by atoms with E-state index in [2.05, 4.69) is 17.2 Å². The normalized spacial score (nSPS) is 10.8. The molecule has 1 N–H and O–H groups in total. The van der Waals surface area contributed by atoms with Crippen LogP contribution in [0.5, 0.6) is 5.75 Å². The van der Waals surface area contributed by atoms with Gasteiger partial charge in [0.15, 0.2) is 0 Å². The molecule has 3 rings (SSSR count). The van der Waals surface area contributed by atoms with Crippen molar-refractivity contribution in [2.45, 2.75) is 26.8 Å². The summed E-state index contributed by atoms with van der Waals surface area (Å²) in [5.41, 5.74) is 3.91. The number of hydrogen-bond acceptors (Lipinski definition) is 3. The number of nitrogens with zero attached hydrogens (tertiary/aromatic N) is 1.